The summed E-state index contributed by atoms with van der Waals surface area (Å²) in [5.41, 5.74) is 0.759. The molecule has 1 aliphatic rings. The lowest BCUT2D eigenvalue weighted by Gasteiger charge is -2.27. The second-order valence-corrected chi connectivity index (χ2v) is 6.42. The zero-order valence-electron chi connectivity index (χ0n) is 15.1. The van der Waals surface area contributed by atoms with E-state index in [2.05, 4.69) is 10.3 Å². The van der Waals surface area contributed by atoms with E-state index in [1.807, 2.05) is 0 Å². The Bertz CT molecular complexity index is 1060. The molecule has 3 aromatic rings. The van der Waals surface area contributed by atoms with Crippen molar-refractivity contribution >= 4 is 16.9 Å². The quantitative estimate of drug-likeness (QED) is 0.752. The lowest BCUT2D eigenvalue weighted by atomic mass is 10.2. The van der Waals surface area contributed by atoms with Crippen molar-refractivity contribution in [3.8, 4) is 5.69 Å². The summed E-state index contributed by atoms with van der Waals surface area (Å²) in [7, 11) is 0. The highest BCUT2D eigenvalue weighted by Crippen LogP contribution is 2.14. The molecule has 0 atom stereocenters. The molecule has 1 aromatic heterocycles. The molecule has 28 heavy (non-hydrogen) atoms. The van der Waals surface area contributed by atoms with Crippen LogP contribution < -0.4 is 10.9 Å². The summed E-state index contributed by atoms with van der Waals surface area (Å²) in [5.74, 6) is -0.0235. The molecule has 1 fully saturated rings. The SMILES string of the molecule is O=C(NCc1nc2ccccc2c(=O)n1-c1ccc(F)cc1)N1CCOCC1. The van der Waals surface area contributed by atoms with Crippen molar-refractivity contribution in [1.29, 1.82) is 0 Å². The molecule has 0 unspecified atom stereocenters. The number of morpholine rings is 1. The van der Waals surface area contributed by atoms with Gasteiger partial charge >= 0.3 is 6.03 Å². The van der Waals surface area contributed by atoms with E-state index in [0.29, 0.717) is 48.7 Å². The minimum absolute atomic E-state index is 0.0631. The Morgan fingerprint density at radius 2 is 1.82 bits per heavy atom. The number of rotatable bonds is 3. The Morgan fingerprint density at radius 3 is 2.57 bits per heavy atom. The highest BCUT2D eigenvalue weighted by atomic mass is 19.1. The van der Waals surface area contributed by atoms with E-state index in [9.17, 15) is 14.0 Å². The molecule has 0 saturated carbocycles. The van der Waals surface area contributed by atoms with Crippen LogP contribution in [0.4, 0.5) is 9.18 Å². The van der Waals surface area contributed by atoms with Crippen LogP contribution in [0.15, 0.2) is 53.3 Å². The number of urea groups is 1. The summed E-state index contributed by atoms with van der Waals surface area (Å²) in [5, 5.41) is 3.27. The monoisotopic (exact) mass is 382 g/mol. The first-order chi connectivity index (χ1) is 13.6. The molecule has 0 bridgehead atoms. The number of carbonyl (C=O) groups is 1. The highest BCUT2D eigenvalue weighted by Gasteiger charge is 2.18. The van der Waals surface area contributed by atoms with Gasteiger partial charge in [0.05, 0.1) is 36.3 Å². The van der Waals surface area contributed by atoms with E-state index < -0.39 is 5.82 Å². The molecule has 2 heterocycles. The molecule has 1 aliphatic heterocycles. The van der Waals surface area contributed by atoms with E-state index in [4.69, 9.17) is 4.74 Å². The van der Waals surface area contributed by atoms with Crippen LogP contribution in [-0.2, 0) is 11.3 Å². The molecule has 7 nitrogen and oxygen atoms in total. The number of hydrogen-bond acceptors (Lipinski definition) is 4. The molecule has 0 radical (unpaired) electrons. The predicted molar refractivity (Wildman–Crippen MR) is 102 cm³/mol. The molecular weight excluding hydrogens is 363 g/mol. The van der Waals surface area contributed by atoms with Crippen LogP contribution in [0.3, 0.4) is 0 Å². The van der Waals surface area contributed by atoms with Gasteiger partial charge in [0.15, 0.2) is 0 Å². The van der Waals surface area contributed by atoms with Gasteiger partial charge in [-0.2, -0.15) is 0 Å². The molecule has 1 saturated heterocycles. The maximum Gasteiger partial charge on any atom is 0.317 e. The first-order valence-electron chi connectivity index (χ1n) is 9.00. The first-order valence-corrected chi connectivity index (χ1v) is 9.00. The van der Waals surface area contributed by atoms with Crippen LogP contribution in [0.5, 0.6) is 0 Å². The summed E-state index contributed by atoms with van der Waals surface area (Å²) in [6, 6.07) is 12.4. The molecular formula is C20H19FN4O3. The summed E-state index contributed by atoms with van der Waals surface area (Å²) < 4.78 is 20.0. The molecule has 1 N–H and O–H groups in total. The molecule has 2 amide bonds. The number of aromatic nitrogens is 2. The number of nitrogens with zero attached hydrogens (tertiary/aromatic N) is 3. The van der Waals surface area contributed by atoms with Crippen molar-refractivity contribution in [1.82, 2.24) is 19.8 Å². The van der Waals surface area contributed by atoms with E-state index in [0.717, 1.165) is 0 Å². The van der Waals surface area contributed by atoms with Gasteiger partial charge in [0.2, 0.25) is 0 Å². The fraction of sp³-hybridized carbons (Fsp3) is 0.250. The topological polar surface area (TPSA) is 76.5 Å². The largest absolute Gasteiger partial charge is 0.378 e. The molecule has 144 valence electrons. The lowest BCUT2D eigenvalue weighted by Crippen LogP contribution is -2.46. The van der Waals surface area contributed by atoms with Crippen molar-refractivity contribution in [2.45, 2.75) is 6.54 Å². The summed E-state index contributed by atoms with van der Waals surface area (Å²) in [4.78, 5) is 31.7. The average Bonchev–Trinajstić information content (AvgIpc) is 2.74. The van der Waals surface area contributed by atoms with Crippen LogP contribution in [-0.4, -0.2) is 46.8 Å². The van der Waals surface area contributed by atoms with Gasteiger partial charge in [-0.25, -0.2) is 14.2 Å². The Hall–Kier alpha value is -3.26. The molecule has 0 aliphatic carbocycles. The number of para-hydroxylation sites is 1. The van der Waals surface area contributed by atoms with Gasteiger partial charge in [-0.05, 0) is 36.4 Å². The van der Waals surface area contributed by atoms with Crippen LogP contribution in [0.2, 0.25) is 0 Å². The number of benzene rings is 2. The Morgan fingerprint density at radius 1 is 1.11 bits per heavy atom. The van der Waals surface area contributed by atoms with Gasteiger partial charge in [0.1, 0.15) is 11.6 Å². The number of hydrogen-bond donors (Lipinski definition) is 1. The third-order valence-corrected chi connectivity index (χ3v) is 4.63. The van der Waals surface area contributed by atoms with Crippen molar-refractivity contribution in [2.75, 3.05) is 26.3 Å². The summed E-state index contributed by atoms with van der Waals surface area (Å²) in [6.07, 6.45) is 0. The Balaban J connectivity index is 1.71. The fourth-order valence-corrected chi connectivity index (χ4v) is 3.19. The van der Waals surface area contributed by atoms with Crippen molar-refractivity contribution < 1.29 is 13.9 Å². The lowest BCUT2D eigenvalue weighted by molar-refractivity contribution is 0.0531. The maximum absolute atomic E-state index is 13.3. The normalized spacial score (nSPS) is 14.2. The highest BCUT2D eigenvalue weighted by molar-refractivity contribution is 5.78. The Labute approximate surface area is 160 Å². The fourth-order valence-electron chi connectivity index (χ4n) is 3.19. The van der Waals surface area contributed by atoms with Gasteiger partial charge in [-0.1, -0.05) is 12.1 Å². The van der Waals surface area contributed by atoms with Gasteiger partial charge in [-0.15, -0.1) is 0 Å². The zero-order valence-corrected chi connectivity index (χ0v) is 15.1. The van der Waals surface area contributed by atoms with Crippen molar-refractivity contribution in [3.05, 3.63) is 70.5 Å². The third-order valence-electron chi connectivity index (χ3n) is 4.63. The van der Waals surface area contributed by atoms with Crippen LogP contribution in [0.1, 0.15) is 5.82 Å². The van der Waals surface area contributed by atoms with Gasteiger partial charge in [0.25, 0.3) is 5.56 Å². The number of fused-ring (bicyclic) bond motifs is 1. The Kier molecular flexibility index (Phi) is 5.03. The third kappa shape index (κ3) is 3.59. The number of halogens is 1. The number of ether oxygens (including phenoxy) is 1. The standard InChI is InChI=1S/C20H19FN4O3/c21-14-5-7-15(8-6-14)25-18(13-22-20(27)24-9-11-28-12-10-24)23-17-4-2-1-3-16(17)19(25)26/h1-8H,9-13H2,(H,22,27). The first kappa shape index (κ1) is 18.1. The molecule has 2 aromatic carbocycles. The van der Waals surface area contributed by atoms with Gasteiger partial charge in [-0.3, -0.25) is 9.36 Å². The van der Waals surface area contributed by atoms with E-state index >= 15 is 0 Å². The predicted octanol–water partition coefficient (Wildman–Crippen LogP) is 2.07. The zero-order chi connectivity index (χ0) is 19.5. The number of amides is 2. The summed E-state index contributed by atoms with van der Waals surface area (Å²) in [6.45, 7) is 2.10. The summed E-state index contributed by atoms with van der Waals surface area (Å²) >= 11 is 0. The van der Waals surface area contributed by atoms with Gasteiger partial charge < -0.3 is 15.0 Å². The van der Waals surface area contributed by atoms with Crippen LogP contribution in [0.25, 0.3) is 16.6 Å². The maximum atomic E-state index is 13.3. The molecule has 4 rings (SSSR count). The van der Waals surface area contributed by atoms with Crippen molar-refractivity contribution in [2.24, 2.45) is 0 Å². The van der Waals surface area contributed by atoms with E-state index in [1.54, 1.807) is 29.2 Å². The number of carbonyl (C=O) groups excluding carboxylic acids is 1. The second-order valence-electron chi connectivity index (χ2n) is 6.42. The average molecular weight is 382 g/mol. The molecule has 8 heteroatoms. The smallest absolute Gasteiger partial charge is 0.317 e. The van der Waals surface area contributed by atoms with Crippen molar-refractivity contribution in [3.63, 3.8) is 0 Å². The van der Waals surface area contributed by atoms with Gasteiger partial charge in [0, 0.05) is 13.1 Å². The van der Waals surface area contributed by atoms with Crippen LogP contribution in [0, 0.1) is 5.82 Å². The minimum Gasteiger partial charge on any atom is -0.378 e. The second kappa shape index (κ2) is 7.77. The number of nitrogens with one attached hydrogen (secondary N) is 1. The van der Waals surface area contributed by atoms with E-state index in [1.165, 1.54) is 28.8 Å². The molecule has 0 spiro atoms. The van der Waals surface area contributed by atoms with Crippen LogP contribution >= 0.6 is 0 Å². The minimum atomic E-state index is -0.396. The van der Waals surface area contributed by atoms with E-state index in [-0.39, 0.29) is 18.1 Å².